The molecule has 0 fully saturated rings. The summed E-state index contributed by atoms with van der Waals surface area (Å²) in [5.41, 5.74) is 0.0310. The fourth-order valence-corrected chi connectivity index (χ4v) is 2.81. The molecule has 1 heterocycles. The van der Waals surface area contributed by atoms with Gasteiger partial charge in [-0.2, -0.15) is 0 Å². The largest absolute Gasteiger partial charge is 0.389 e. The molecule has 2 rings (SSSR count). The number of nitrogens with one attached hydrogen (secondary N) is 1. The molecule has 0 saturated carbocycles. The van der Waals surface area contributed by atoms with E-state index >= 15 is 0 Å². The maximum absolute atomic E-state index is 13.0. The van der Waals surface area contributed by atoms with Gasteiger partial charge in [-0.05, 0) is 12.1 Å². The highest BCUT2D eigenvalue weighted by molar-refractivity contribution is 7.96. The summed E-state index contributed by atoms with van der Waals surface area (Å²) < 4.78 is 36.3. The van der Waals surface area contributed by atoms with Crippen molar-refractivity contribution in [1.29, 1.82) is 0 Å². The van der Waals surface area contributed by atoms with Gasteiger partial charge in [-0.15, -0.1) is 0 Å². The monoisotopic (exact) mass is 255 g/mol. The Bertz CT molecular complexity index is 592. The summed E-state index contributed by atoms with van der Waals surface area (Å²) in [5.74, 6) is -1.38. The van der Waals surface area contributed by atoms with Crippen LogP contribution in [-0.4, -0.2) is 26.5 Å². The van der Waals surface area contributed by atoms with Crippen LogP contribution in [-0.2, 0) is 9.84 Å². The van der Waals surface area contributed by atoms with Crippen LogP contribution in [0.25, 0.3) is 0 Å². The number of allylic oxidation sites excluding steroid dienone is 1. The minimum atomic E-state index is -3.56. The topological polar surface area (TPSA) is 63.2 Å². The second kappa shape index (κ2) is 4.29. The molecule has 0 amide bonds. The van der Waals surface area contributed by atoms with E-state index in [-0.39, 0.29) is 22.8 Å². The Morgan fingerprint density at radius 1 is 1.35 bits per heavy atom. The van der Waals surface area contributed by atoms with E-state index < -0.39 is 21.4 Å². The number of sulfone groups is 1. The van der Waals surface area contributed by atoms with E-state index in [1.807, 2.05) is 0 Å². The van der Waals surface area contributed by atoms with Crippen LogP contribution in [0, 0.1) is 5.82 Å². The first kappa shape index (κ1) is 11.8. The van der Waals surface area contributed by atoms with Gasteiger partial charge in [0, 0.05) is 18.3 Å². The van der Waals surface area contributed by atoms with Crippen LogP contribution in [0.2, 0.25) is 0 Å². The summed E-state index contributed by atoms with van der Waals surface area (Å²) in [4.78, 5) is 11.6. The van der Waals surface area contributed by atoms with Crippen molar-refractivity contribution in [3.05, 3.63) is 46.8 Å². The fraction of sp³-hybridized carbons (Fsp3) is 0.182. The Labute approximate surface area is 98.1 Å². The fourth-order valence-electron chi connectivity index (χ4n) is 1.54. The van der Waals surface area contributed by atoms with Crippen molar-refractivity contribution in [2.75, 3.05) is 12.3 Å². The number of hydrogen-bond acceptors (Lipinski definition) is 4. The van der Waals surface area contributed by atoms with E-state index in [0.717, 1.165) is 6.07 Å². The first-order valence-electron chi connectivity index (χ1n) is 4.97. The average Bonchev–Trinajstić information content (AvgIpc) is 2.27. The van der Waals surface area contributed by atoms with Crippen LogP contribution >= 0.6 is 0 Å². The van der Waals surface area contributed by atoms with E-state index in [4.69, 9.17) is 0 Å². The molecule has 0 unspecified atom stereocenters. The van der Waals surface area contributed by atoms with Crippen molar-refractivity contribution in [1.82, 2.24) is 5.32 Å². The normalized spacial score (nSPS) is 18.1. The zero-order valence-electron chi connectivity index (χ0n) is 8.81. The lowest BCUT2D eigenvalue weighted by Gasteiger charge is -2.14. The third-order valence-corrected chi connectivity index (χ3v) is 4.11. The van der Waals surface area contributed by atoms with Crippen molar-refractivity contribution in [2.45, 2.75) is 0 Å². The molecule has 1 aliphatic rings. The molecule has 0 aromatic heterocycles. The summed E-state index contributed by atoms with van der Waals surface area (Å²) in [7, 11) is -3.56. The summed E-state index contributed by atoms with van der Waals surface area (Å²) >= 11 is 0. The van der Waals surface area contributed by atoms with Gasteiger partial charge in [0.15, 0.2) is 9.84 Å². The Balaban J connectivity index is 2.42. The standard InChI is InChI=1S/C11H10FNO3S/c12-9-3-1-2-8(6-9)11(14)10-7-13-4-5-17(10,15)16/h1-3,6-7,13H,4-5H2. The summed E-state index contributed by atoms with van der Waals surface area (Å²) in [6.07, 6.45) is 1.17. The highest BCUT2D eigenvalue weighted by Crippen LogP contribution is 2.17. The van der Waals surface area contributed by atoms with Crippen molar-refractivity contribution in [3.63, 3.8) is 0 Å². The zero-order chi connectivity index (χ0) is 12.5. The van der Waals surface area contributed by atoms with Gasteiger partial charge in [-0.3, -0.25) is 4.79 Å². The average molecular weight is 255 g/mol. The quantitative estimate of drug-likeness (QED) is 0.796. The van der Waals surface area contributed by atoms with Crippen molar-refractivity contribution >= 4 is 15.6 Å². The Morgan fingerprint density at radius 3 is 2.76 bits per heavy atom. The number of rotatable bonds is 2. The Morgan fingerprint density at radius 2 is 2.12 bits per heavy atom. The molecule has 17 heavy (non-hydrogen) atoms. The molecule has 0 saturated heterocycles. The Hall–Kier alpha value is -1.69. The van der Waals surface area contributed by atoms with E-state index in [0.29, 0.717) is 0 Å². The molecule has 0 bridgehead atoms. The lowest BCUT2D eigenvalue weighted by atomic mass is 10.1. The van der Waals surface area contributed by atoms with Gasteiger partial charge in [-0.1, -0.05) is 12.1 Å². The molecule has 0 radical (unpaired) electrons. The molecule has 1 N–H and O–H groups in total. The molecule has 0 atom stereocenters. The molecule has 4 nitrogen and oxygen atoms in total. The molecule has 1 aromatic rings. The van der Waals surface area contributed by atoms with Crippen molar-refractivity contribution < 1.29 is 17.6 Å². The van der Waals surface area contributed by atoms with Crippen LogP contribution in [0.3, 0.4) is 0 Å². The van der Waals surface area contributed by atoms with E-state index in [1.54, 1.807) is 0 Å². The number of ketones is 1. The zero-order valence-corrected chi connectivity index (χ0v) is 9.63. The van der Waals surface area contributed by atoms with Gasteiger partial charge < -0.3 is 5.32 Å². The molecular weight excluding hydrogens is 245 g/mol. The van der Waals surface area contributed by atoms with Gasteiger partial charge in [0.25, 0.3) is 0 Å². The molecule has 0 aliphatic carbocycles. The van der Waals surface area contributed by atoms with Crippen molar-refractivity contribution in [2.24, 2.45) is 0 Å². The number of Topliss-reactive ketones (excluding diaryl/α,β-unsaturated/α-hetero) is 1. The van der Waals surface area contributed by atoms with Gasteiger partial charge in [0.05, 0.1) is 5.75 Å². The SMILES string of the molecule is O=C(C1=CNCCS1(=O)=O)c1cccc(F)c1. The Kier molecular flexibility index (Phi) is 2.97. The summed E-state index contributed by atoms with van der Waals surface area (Å²) in [6, 6.07) is 4.97. The number of benzene rings is 1. The van der Waals surface area contributed by atoms with E-state index in [2.05, 4.69) is 5.32 Å². The first-order chi connectivity index (χ1) is 8.00. The van der Waals surface area contributed by atoms with Crippen LogP contribution in [0.5, 0.6) is 0 Å². The number of halogens is 1. The number of hydrogen-bond donors (Lipinski definition) is 1. The smallest absolute Gasteiger partial charge is 0.206 e. The van der Waals surface area contributed by atoms with Crippen LogP contribution in [0.4, 0.5) is 4.39 Å². The predicted molar refractivity (Wildman–Crippen MR) is 60.6 cm³/mol. The molecule has 1 aromatic carbocycles. The molecular formula is C11H10FNO3S. The predicted octanol–water partition coefficient (Wildman–Crippen LogP) is 0.868. The van der Waals surface area contributed by atoms with Gasteiger partial charge in [0.2, 0.25) is 5.78 Å². The molecule has 0 spiro atoms. The van der Waals surface area contributed by atoms with Crippen LogP contribution < -0.4 is 5.32 Å². The molecule has 1 aliphatic heterocycles. The highest BCUT2D eigenvalue weighted by Gasteiger charge is 2.28. The van der Waals surface area contributed by atoms with Crippen LogP contribution in [0.1, 0.15) is 10.4 Å². The lowest BCUT2D eigenvalue weighted by molar-refractivity contribution is 0.104. The van der Waals surface area contributed by atoms with E-state index in [9.17, 15) is 17.6 Å². The number of carbonyl (C=O) groups excluding carboxylic acids is 1. The van der Waals surface area contributed by atoms with E-state index in [1.165, 1.54) is 24.4 Å². The third-order valence-electron chi connectivity index (χ3n) is 2.39. The second-order valence-electron chi connectivity index (χ2n) is 3.62. The minimum Gasteiger partial charge on any atom is -0.389 e. The van der Waals surface area contributed by atoms with Gasteiger partial charge in [-0.25, -0.2) is 12.8 Å². The second-order valence-corrected chi connectivity index (χ2v) is 5.70. The van der Waals surface area contributed by atoms with Gasteiger partial charge >= 0.3 is 0 Å². The van der Waals surface area contributed by atoms with Crippen molar-refractivity contribution in [3.8, 4) is 0 Å². The summed E-state index contributed by atoms with van der Waals surface area (Å²) in [5, 5.41) is 2.70. The molecule has 6 heteroatoms. The minimum absolute atomic E-state index is 0.0310. The van der Waals surface area contributed by atoms with Crippen LogP contribution in [0.15, 0.2) is 35.4 Å². The third kappa shape index (κ3) is 2.36. The first-order valence-corrected chi connectivity index (χ1v) is 6.62. The molecule has 90 valence electrons. The number of carbonyl (C=O) groups is 1. The highest BCUT2D eigenvalue weighted by atomic mass is 32.2. The lowest BCUT2D eigenvalue weighted by Crippen LogP contribution is -2.30. The summed E-state index contributed by atoms with van der Waals surface area (Å²) in [6.45, 7) is 0.280. The maximum atomic E-state index is 13.0. The van der Waals surface area contributed by atoms with Gasteiger partial charge in [0.1, 0.15) is 10.7 Å². The maximum Gasteiger partial charge on any atom is 0.206 e.